The number of aliphatic hydroxyl groups excluding tert-OH is 1. The first kappa shape index (κ1) is 32.3. The molecule has 2 aromatic rings. The summed E-state index contributed by atoms with van der Waals surface area (Å²) in [5, 5.41) is 24.3. The third-order valence-corrected chi connectivity index (χ3v) is 9.18. The van der Waals surface area contributed by atoms with E-state index in [1.807, 2.05) is 0 Å². The lowest BCUT2D eigenvalue weighted by Crippen LogP contribution is -2.84. The van der Waals surface area contributed by atoms with Crippen LogP contribution in [0.2, 0.25) is 0 Å². The van der Waals surface area contributed by atoms with E-state index in [-0.39, 0.29) is 11.1 Å². The molecule has 12 heteroatoms. The number of rotatable bonds is 7. The fourth-order valence-electron chi connectivity index (χ4n) is 7.56. The van der Waals surface area contributed by atoms with Crippen LogP contribution in [0.25, 0.3) is 0 Å². The number of aliphatic hydroxyl groups is 2. The zero-order valence-electron chi connectivity index (χ0n) is 25.6. The highest BCUT2D eigenvalue weighted by Crippen LogP contribution is 2.67. The number of hydrogen-bond donors (Lipinski definition) is 2. The highest BCUT2D eigenvalue weighted by atomic mass is 16.6. The van der Waals surface area contributed by atoms with Gasteiger partial charge in [0.25, 0.3) is 0 Å². The third-order valence-electron chi connectivity index (χ3n) is 9.18. The van der Waals surface area contributed by atoms with Gasteiger partial charge in [-0.15, -0.1) is 0 Å². The van der Waals surface area contributed by atoms with Gasteiger partial charge >= 0.3 is 23.9 Å². The van der Waals surface area contributed by atoms with Crippen molar-refractivity contribution in [1.29, 1.82) is 0 Å². The van der Waals surface area contributed by atoms with Gasteiger partial charge in [0.15, 0.2) is 18.0 Å². The molecule has 0 amide bonds. The Kier molecular flexibility index (Phi) is 8.13. The maximum absolute atomic E-state index is 14.5. The molecule has 0 aromatic heterocycles. The fraction of sp³-hybridized carbons (Fsp3) is 0.485. The zero-order chi connectivity index (χ0) is 32.9. The van der Waals surface area contributed by atoms with Gasteiger partial charge < -0.3 is 33.9 Å². The van der Waals surface area contributed by atoms with Crippen molar-refractivity contribution in [3.8, 4) is 0 Å². The second-order valence-electron chi connectivity index (χ2n) is 12.6. The van der Waals surface area contributed by atoms with Crippen molar-refractivity contribution in [2.24, 2.45) is 11.3 Å². The molecule has 3 aliphatic rings. The van der Waals surface area contributed by atoms with E-state index in [9.17, 15) is 34.2 Å². The van der Waals surface area contributed by atoms with Crippen LogP contribution in [0.15, 0.2) is 60.7 Å². The molecule has 2 aliphatic carbocycles. The predicted molar refractivity (Wildman–Crippen MR) is 154 cm³/mol. The summed E-state index contributed by atoms with van der Waals surface area (Å²) in [7, 11) is 0. The van der Waals surface area contributed by atoms with Crippen molar-refractivity contribution in [2.75, 3.05) is 6.61 Å². The SMILES string of the molecule is CC(=O)OC[C@]12[C@H](OC(=O)c3ccccc3)C(=O)[C@@H]3[C@@H](O)[C@]1(OC3(C)C)[C@@](C)(O)C[C@H](OC(C)=O)[C@@H]2OC(=O)c1ccccc1. The summed E-state index contributed by atoms with van der Waals surface area (Å²) in [6.45, 7) is 5.73. The average Bonchev–Trinajstić information content (AvgIpc) is 3.16. The summed E-state index contributed by atoms with van der Waals surface area (Å²) in [4.78, 5) is 66.6. The van der Waals surface area contributed by atoms with Crippen LogP contribution in [-0.4, -0.2) is 87.7 Å². The normalized spacial score (nSPS) is 34.6. The minimum Gasteiger partial charge on any atom is -0.465 e. The van der Waals surface area contributed by atoms with Crippen molar-refractivity contribution < 1.29 is 57.9 Å². The van der Waals surface area contributed by atoms with E-state index in [0.29, 0.717) is 0 Å². The fourth-order valence-corrected chi connectivity index (χ4v) is 7.56. The molecule has 8 atom stereocenters. The van der Waals surface area contributed by atoms with E-state index >= 15 is 0 Å². The Morgan fingerprint density at radius 3 is 1.89 bits per heavy atom. The van der Waals surface area contributed by atoms with Crippen LogP contribution in [0.5, 0.6) is 0 Å². The molecule has 3 fully saturated rings. The summed E-state index contributed by atoms with van der Waals surface area (Å²) in [5.41, 5.74) is -8.06. The number of ketones is 1. The van der Waals surface area contributed by atoms with E-state index in [2.05, 4.69) is 0 Å². The first-order valence-corrected chi connectivity index (χ1v) is 14.6. The highest BCUT2D eigenvalue weighted by Gasteiger charge is 2.87. The average molecular weight is 625 g/mol. The number of carbonyl (C=O) groups excluding carboxylic acids is 5. The van der Waals surface area contributed by atoms with Gasteiger partial charge in [0.1, 0.15) is 23.7 Å². The Hall–Kier alpha value is -4.13. The Morgan fingerprint density at radius 2 is 1.38 bits per heavy atom. The number of esters is 4. The van der Waals surface area contributed by atoms with Gasteiger partial charge in [0.05, 0.1) is 34.4 Å². The lowest BCUT2D eigenvalue weighted by molar-refractivity contribution is -0.348. The molecule has 1 spiro atoms. The Bertz CT molecular complexity index is 1500. The number of carbonyl (C=O) groups is 5. The smallest absolute Gasteiger partial charge is 0.338 e. The number of Topliss-reactive ketones (excluding diaryl/α,β-unsaturated/α-hetero) is 1. The van der Waals surface area contributed by atoms with Crippen LogP contribution >= 0.6 is 0 Å². The van der Waals surface area contributed by atoms with Crippen LogP contribution in [0, 0.1) is 11.3 Å². The second-order valence-corrected chi connectivity index (χ2v) is 12.6. The van der Waals surface area contributed by atoms with Crippen molar-refractivity contribution in [3.05, 3.63) is 71.8 Å². The molecule has 1 aliphatic heterocycles. The molecular formula is C33H36O12. The lowest BCUT2D eigenvalue weighted by Gasteiger charge is -2.64. The Morgan fingerprint density at radius 1 is 0.844 bits per heavy atom. The predicted octanol–water partition coefficient (Wildman–Crippen LogP) is 2.18. The monoisotopic (exact) mass is 624 g/mol. The van der Waals surface area contributed by atoms with Gasteiger partial charge in [-0.1, -0.05) is 36.4 Å². The lowest BCUT2D eigenvalue weighted by atomic mass is 9.46. The molecule has 1 saturated heterocycles. The van der Waals surface area contributed by atoms with Gasteiger partial charge in [-0.3, -0.25) is 14.4 Å². The van der Waals surface area contributed by atoms with Crippen molar-refractivity contribution in [1.82, 2.24) is 0 Å². The van der Waals surface area contributed by atoms with E-state index in [4.69, 9.17) is 23.7 Å². The van der Waals surface area contributed by atoms with Crippen molar-refractivity contribution >= 4 is 29.7 Å². The molecular weight excluding hydrogens is 588 g/mol. The molecule has 0 radical (unpaired) electrons. The van der Waals surface area contributed by atoms with Gasteiger partial charge in [-0.25, -0.2) is 9.59 Å². The van der Waals surface area contributed by atoms with Crippen LogP contribution in [0.4, 0.5) is 0 Å². The van der Waals surface area contributed by atoms with Crippen LogP contribution in [0.1, 0.15) is 61.8 Å². The molecule has 2 bridgehead atoms. The summed E-state index contributed by atoms with van der Waals surface area (Å²) < 4.78 is 29.7. The van der Waals surface area contributed by atoms with Gasteiger partial charge in [-0.2, -0.15) is 0 Å². The Labute approximate surface area is 259 Å². The van der Waals surface area contributed by atoms with Crippen molar-refractivity contribution in [3.63, 3.8) is 0 Å². The summed E-state index contributed by atoms with van der Waals surface area (Å²) in [5.74, 6) is -5.69. The maximum Gasteiger partial charge on any atom is 0.338 e. The minimum absolute atomic E-state index is 0.0672. The Balaban J connectivity index is 1.81. The molecule has 45 heavy (non-hydrogen) atoms. The first-order valence-electron chi connectivity index (χ1n) is 14.6. The van der Waals surface area contributed by atoms with Crippen LogP contribution in [-0.2, 0) is 38.1 Å². The molecule has 240 valence electrons. The largest absolute Gasteiger partial charge is 0.465 e. The topological polar surface area (TPSA) is 172 Å². The van der Waals surface area contributed by atoms with E-state index < -0.39 is 95.2 Å². The van der Waals surface area contributed by atoms with Crippen LogP contribution < -0.4 is 0 Å². The van der Waals surface area contributed by atoms with Gasteiger partial charge in [-0.05, 0) is 45.0 Å². The first-order chi connectivity index (χ1) is 21.1. The minimum atomic E-state index is -2.34. The number of benzene rings is 2. The molecule has 2 aromatic carbocycles. The van der Waals surface area contributed by atoms with Crippen LogP contribution in [0.3, 0.4) is 0 Å². The van der Waals surface area contributed by atoms with Crippen molar-refractivity contribution in [2.45, 2.75) is 82.3 Å². The molecule has 2 saturated carbocycles. The third kappa shape index (κ3) is 5.01. The second kappa shape index (κ2) is 11.3. The van der Waals surface area contributed by atoms with E-state index in [0.717, 1.165) is 13.8 Å². The molecule has 1 heterocycles. The van der Waals surface area contributed by atoms with E-state index in [1.165, 1.54) is 45.0 Å². The zero-order valence-corrected chi connectivity index (χ0v) is 25.6. The van der Waals surface area contributed by atoms with Gasteiger partial charge in [0.2, 0.25) is 0 Å². The molecule has 0 unspecified atom stereocenters. The quantitative estimate of drug-likeness (QED) is 0.340. The molecule has 2 N–H and O–H groups in total. The summed E-state index contributed by atoms with van der Waals surface area (Å²) >= 11 is 0. The molecule has 12 nitrogen and oxygen atoms in total. The maximum atomic E-state index is 14.5. The summed E-state index contributed by atoms with van der Waals surface area (Å²) in [6, 6.07) is 15.6. The van der Waals surface area contributed by atoms with Gasteiger partial charge in [0, 0.05) is 20.3 Å². The number of fused-ring (bicyclic) bond motifs is 1. The number of ether oxygens (including phenoxy) is 5. The standard InChI is InChI=1S/C33H36O12/c1-18(34)41-17-32-26(43-28(38)20-12-8-6-9-13-20)22(42-19(2)35)16-31(5,40)33(32)25(37)23(30(3,4)45-33)24(36)27(32)44-29(39)21-14-10-7-11-15-21/h6-15,22-23,25-27,37,40H,16-17H2,1-5H3/t22-,23+,25+,26-,27+,31-,32-,33-/m0/s1. The highest BCUT2D eigenvalue weighted by molar-refractivity contribution is 5.96. The van der Waals surface area contributed by atoms with E-state index in [1.54, 1.807) is 36.4 Å². The number of hydrogen-bond acceptors (Lipinski definition) is 12. The summed E-state index contributed by atoms with van der Waals surface area (Å²) in [6.07, 6.45) is -7.37. The molecule has 5 rings (SSSR count).